The van der Waals surface area contributed by atoms with Crippen molar-refractivity contribution in [1.82, 2.24) is 5.32 Å². The molecule has 7 heteroatoms. The van der Waals surface area contributed by atoms with Gasteiger partial charge in [-0.2, -0.15) is 5.10 Å². The Bertz CT molecular complexity index is 516. The van der Waals surface area contributed by atoms with Crippen LogP contribution >= 0.6 is 23.4 Å². The van der Waals surface area contributed by atoms with E-state index < -0.39 is 0 Å². The maximum atomic E-state index is 10.9. The van der Waals surface area contributed by atoms with Crippen molar-refractivity contribution in [2.45, 2.75) is 0 Å². The van der Waals surface area contributed by atoms with Crippen LogP contribution in [0, 0.1) is 0 Å². The topological polar surface area (TPSA) is 74.0 Å². The fourth-order valence-electron chi connectivity index (χ4n) is 1.13. The lowest BCUT2D eigenvalue weighted by atomic mass is 10.2. The lowest BCUT2D eigenvalue weighted by molar-refractivity contribution is -0.116. The largest absolute Gasteiger partial charge is 0.506 e. The highest BCUT2D eigenvalue weighted by molar-refractivity contribution is 8.15. The van der Waals surface area contributed by atoms with Crippen LogP contribution in [0.5, 0.6) is 5.75 Å². The molecule has 1 saturated heterocycles. The molecule has 1 fully saturated rings. The van der Waals surface area contributed by atoms with Crippen molar-refractivity contribution in [3.63, 3.8) is 0 Å². The number of phenolic OH excluding ortho intramolecular Hbond substituents is 1. The summed E-state index contributed by atoms with van der Waals surface area (Å²) in [5.41, 5.74) is 0.714. The Morgan fingerprint density at radius 1 is 1.53 bits per heavy atom. The molecule has 1 aliphatic rings. The summed E-state index contributed by atoms with van der Waals surface area (Å²) in [5.74, 6) is 0.324. The molecule has 1 amide bonds. The second-order valence-electron chi connectivity index (χ2n) is 3.20. The lowest BCUT2D eigenvalue weighted by Crippen LogP contribution is -2.19. The molecule has 0 radical (unpaired) electrons. The zero-order chi connectivity index (χ0) is 12.3. The Balaban J connectivity index is 2.05. The maximum absolute atomic E-state index is 10.9. The van der Waals surface area contributed by atoms with E-state index in [9.17, 15) is 9.90 Å². The molecular formula is C10H8ClN3O2S. The zero-order valence-electron chi connectivity index (χ0n) is 8.55. The number of rotatable bonds is 2. The third kappa shape index (κ3) is 3.21. The number of carbonyl (C=O) groups is 1. The van der Waals surface area contributed by atoms with E-state index in [2.05, 4.69) is 15.5 Å². The minimum absolute atomic E-state index is 0.0220. The Hall–Kier alpha value is -1.53. The fraction of sp³-hybridized carbons (Fsp3) is 0.100. The van der Waals surface area contributed by atoms with E-state index in [1.807, 2.05) is 0 Å². The molecule has 1 heterocycles. The number of nitrogens with zero attached hydrogens (tertiary/aromatic N) is 2. The molecule has 0 saturated carbocycles. The highest BCUT2D eigenvalue weighted by Crippen LogP contribution is 2.22. The summed E-state index contributed by atoms with van der Waals surface area (Å²) in [6, 6.07) is 4.70. The van der Waals surface area contributed by atoms with Gasteiger partial charge in [0.05, 0.1) is 17.0 Å². The Kier molecular flexibility index (Phi) is 3.65. The van der Waals surface area contributed by atoms with Crippen molar-refractivity contribution in [1.29, 1.82) is 0 Å². The van der Waals surface area contributed by atoms with E-state index in [-0.39, 0.29) is 16.7 Å². The van der Waals surface area contributed by atoms with E-state index in [0.29, 0.717) is 16.5 Å². The molecule has 1 aromatic carbocycles. The first-order valence-electron chi connectivity index (χ1n) is 4.67. The van der Waals surface area contributed by atoms with E-state index in [4.69, 9.17) is 11.6 Å². The highest BCUT2D eigenvalue weighted by Gasteiger charge is 2.15. The molecule has 5 nitrogen and oxygen atoms in total. The fourth-order valence-corrected chi connectivity index (χ4v) is 1.95. The van der Waals surface area contributed by atoms with Gasteiger partial charge in [0, 0.05) is 0 Å². The second kappa shape index (κ2) is 5.20. The van der Waals surface area contributed by atoms with Crippen molar-refractivity contribution in [2.24, 2.45) is 10.2 Å². The summed E-state index contributed by atoms with van der Waals surface area (Å²) in [4.78, 5) is 10.9. The van der Waals surface area contributed by atoms with Crippen LogP contribution in [0.15, 0.2) is 28.4 Å². The summed E-state index contributed by atoms with van der Waals surface area (Å²) in [6.07, 6.45) is 1.49. The summed E-state index contributed by atoms with van der Waals surface area (Å²) >= 11 is 7.03. The van der Waals surface area contributed by atoms with E-state index >= 15 is 0 Å². The Morgan fingerprint density at radius 2 is 2.35 bits per heavy atom. The van der Waals surface area contributed by atoms with Crippen LogP contribution in [0.2, 0.25) is 5.02 Å². The first-order chi connectivity index (χ1) is 8.15. The second-order valence-corrected chi connectivity index (χ2v) is 4.57. The number of hydrogen-bond acceptors (Lipinski definition) is 5. The number of nitrogens with one attached hydrogen (secondary N) is 1. The third-order valence-electron chi connectivity index (χ3n) is 1.91. The van der Waals surface area contributed by atoms with E-state index in [1.54, 1.807) is 12.1 Å². The number of carbonyl (C=O) groups excluding carboxylic acids is 1. The molecule has 1 aromatic rings. The summed E-state index contributed by atoms with van der Waals surface area (Å²) in [5, 5.41) is 20.2. The molecule has 0 spiro atoms. The molecule has 1 aliphatic heterocycles. The standard InChI is InChI=1S/C10H8ClN3O2S/c11-7-3-6(1-2-8(7)15)4-12-14-10-13-9(16)5-17-10/h1-4,15H,5H2,(H,13,14,16)/b12-4-. The molecule has 0 aromatic heterocycles. The summed E-state index contributed by atoms with van der Waals surface area (Å²) < 4.78 is 0. The van der Waals surface area contributed by atoms with Crippen LogP contribution in [-0.2, 0) is 4.79 Å². The SMILES string of the molecule is O=C1CS/C(=N/N=C\c2ccc(O)c(Cl)c2)N1. The molecular weight excluding hydrogens is 262 g/mol. The van der Waals surface area contributed by atoms with Gasteiger partial charge in [0.2, 0.25) is 5.91 Å². The smallest absolute Gasteiger partial charge is 0.236 e. The number of hydrogen-bond donors (Lipinski definition) is 2. The van der Waals surface area contributed by atoms with Crippen molar-refractivity contribution in [3.8, 4) is 5.75 Å². The lowest BCUT2D eigenvalue weighted by Gasteiger charge is -1.96. The number of halogens is 1. The minimum atomic E-state index is -0.0726. The van der Waals surface area contributed by atoms with E-state index in [1.165, 1.54) is 24.0 Å². The van der Waals surface area contributed by atoms with Crippen LogP contribution in [0.1, 0.15) is 5.56 Å². The third-order valence-corrected chi connectivity index (χ3v) is 3.08. The van der Waals surface area contributed by atoms with Gasteiger partial charge in [-0.15, -0.1) is 5.10 Å². The van der Waals surface area contributed by atoms with Gasteiger partial charge >= 0.3 is 0 Å². The van der Waals surface area contributed by atoms with Gasteiger partial charge in [0.1, 0.15) is 5.75 Å². The molecule has 88 valence electrons. The number of aromatic hydroxyl groups is 1. The predicted octanol–water partition coefficient (Wildman–Crippen LogP) is 1.60. The number of thioether (sulfide) groups is 1. The number of benzene rings is 1. The summed E-state index contributed by atoms with van der Waals surface area (Å²) in [7, 11) is 0. The highest BCUT2D eigenvalue weighted by atomic mass is 35.5. The van der Waals surface area contributed by atoms with Gasteiger partial charge in [-0.3, -0.25) is 4.79 Å². The Morgan fingerprint density at radius 3 is 3.00 bits per heavy atom. The van der Waals surface area contributed by atoms with Crippen molar-refractivity contribution in [3.05, 3.63) is 28.8 Å². The van der Waals surface area contributed by atoms with Gasteiger partial charge in [-0.1, -0.05) is 23.4 Å². The summed E-state index contributed by atoms with van der Waals surface area (Å²) in [6.45, 7) is 0. The molecule has 17 heavy (non-hydrogen) atoms. The van der Waals surface area contributed by atoms with Crippen molar-refractivity contribution >= 4 is 40.7 Å². The van der Waals surface area contributed by atoms with Gasteiger partial charge in [0.25, 0.3) is 0 Å². The number of amidine groups is 1. The first-order valence-corrected chi connectivity index (χ1v) is 6.04. The van der Waals surface area contributed by atoms with Gasteiger partial charge in [0.15, 0.2) is 5.17 Å². The quantitative estimate of drug-likeness (QED) is 0.633. The van der Waals surface area contributed by atoms with Crippen molar-refractivity contribution < 1.29 is 9.90 Å². The minimum Gasteiger partial charge on any atom is -0.506 e. The molecule has 0 atom stereocenters. The van der Waals surface area contributed by atoms with Crippen LogP contribution in [0.25, 0.3) is 0 Å². The molecule has 0 bridgehead atoms. The van der Waals surface area contributed by atoms with Crippen LogP contribution in [0.3, 0.4) is 0 Å². The van der Waals surface area contributed by atoms with Gasteiger partial charge < -0.3 is 10.4 Å². The van der Waals surface area contributed by atoms with Crippen LogP contribution in [0.4, 0.5) is 0 Å². The molecule has 2 rings (SSSR count). The zero-order valence-corrected chi connectivity index (χ0v) is 10.1. The van der Waals surface area contributed by atoms with Crippen LogP contribution in [-0.4, -0.2) is 28.1 Å². The van der Waals surface area contributed by atoms with Crippen molar-refractivity contribution in [2.75, 3.05) is 5.75 Å². The first kappa shape index (κ1) is 11.9. The van der Waals surface area contributed by atoms with Crippen LogP contribution < -0.4 is 5.32 Å². The molecule has 2 N–H and O–H groups in total. The average molecular weight is 270 g/mol. The monoisotopic (exact) mass is 269 g/mol. The number of phenols is 1. The predicted molar refractivity (Wildman–Crippen MR) is 68.7 cm³/mol. The maximum Gasteiger partial charge on any atom is 0.236 e. The van der Waals surface area contributed by atoms with Gasteiger partial charge in [-0.05, 0) is 23.8 Å². The normalized spacial score (nSPS) is 17.9. The van der Waals surface area contributed by atoms with E-state index in [0.717, 1.165) is 0 Å². The molecule has 0 aliphatic carbocycles. The molecule has 0 unspecified atom stereocenters. The Labute approximate surface area is 107 Å². The average Bonchev–Trinajstić information content (AvgIpc) is 2.70. The number of amides is 1. The van der Waals surface area contributed by atoms with Gasteiger partial charge in [-0.25, -0.2) is 0 Å².